The molecule has 0 atom stereocenters. The Hall–Kier alpha value is -1.51. The quantitative estimate of drug-likeness (QED) is 0.888. The Labute approximate surface area is 108 Å². The molecule has 1 aromatic carbocycles. The Kier molecular flexibility index (Phi) is 3.90. The molecule has 1 saturated carbocycles. The van der Waals surface area contributed by atoms with Crippen molar-refractivity contribution < 1.29 is 14.6 Å². The third kappa shape index (κ3) is 3.03. The molecular formula is C15H20O3. The molecule has 3 nitrogen and oxygen atoms in total. The van der Waals surface area contributed by atoms with E-state index in [1.165, 1.54) is 12.8 Å². The van der Waals surface area contributed by atoms with Crippen LogP contribution in [-0.4, -0.2) is 17.2 Å². The van der Waals surface area contributed by atoms with Crippen LogP contribution in [0.5, 0.6) is 5.75 Å². The SMILES string of the molecule is Cc1cc(C(=O)O)ccc1OC1CCC(C)CC1. The van der Waals surface area contributed by atoms with Crippen LogP contribution in [0.4, 0.5) is 0 Å². The third-order valence-electron chi connectivity index (χ3n) is 3.68. The van der Waals surface area contributed by atoms with Gasteiger partial charge in [-0.3, -0.25) is 0 Å². The lowest BCUT2D eigenvalue weighted by molar-refractivity contribution is 0.0696. The molecule has 1 N–H and O–H groups in total. The van der Waals surface area contributed by atoms with E-state index < -0.39 is 5.97 Å². The molecule has 0 heterocycles. The van der Waals surface area contributed by atoms with Crippen molar-refractivity contribution in [1.29, 1.82) is 0 Å². The molecule has 1 aromatic rings. The standard InChI is InChI=1S/C15H20O3/c1-10-3-6-13(7-4-10)18-14-8-5-12(15(16)17)9-11(14)2/h5,8-10,13H,3-4,6-7H2,1-2H3,(H,16,17). The van der Waals surface area contributed by atoms with Gasteiger partial charge in [0.05, 0.1) is 11.7 Å². The Morgan fingerprint density at radius 2 is 1.94 bits per heavy atom. The highest BCUT2D eigenvalue weighted by Crippen LogP contribution is 2.28. The lowest BCUT2D eigenvalue weighted by Gasteiger charge is -2.27. The summed E-state index contributed by atoms with van der Waals surface area (Å²) in [5, 5.41) is 8.91. The fourth-order valence-corrected chi connectivity index (χ4v) is 2.44. The first kappa shape index (κ1) is 12.9. The topological polar surface area (TPSA) is 46.5 Å². The Morgan fingerprint density at radius 3 is 2.50 bits per heavy atom. The van der Waals surface area contributed by atoms with Gasteiger partial charge in [-0.2, -0.15) is 0 Å². The minimum absolute atomic E-state index is 0.288. The molecule has 2 rings (SSSR count). The molecule has 0 aromatic heterocycles. The van der Waals surface area contributed by atoms with E-state index in [2.05, 4.69) is 6.92 Å². The number of carbonyl (C=O) groups is 1. The molecular weight excluding hydrogens is 228 g/mol. The molecule has 98 valence electrons. The summed E-state index contributed by atoms with van der Waals surface area (Å²) < 4.78 is 5.98. The highest BCUT2D eigenvalue weighted by molar-refractivity contribution is 5.88. The molecule has 1 fully saturated rings. The van der Waals surface area contributed by atoms with Crippen LogP contribution in [0, 0.1) is 12.8 Å². The second-order valence-corrected chi connectivity index (χ2v) is 5.29. The van der Waals surface area contributed by atoms with Gasteiger partial charge < -0.3 is 9.84 Å². The van der Waals surface area contributed by atoms with Gasteiger partial charge in [-0.1, -0.05) is 6.92 Å². The van der Waals surface area contributed by atoms with Crippen molar-refractivity contribution in [3.05, 3.63) is 29.3 Å². The second kappa shape index (κ2) is 5.42. The fraction of sp³-hybridized carbons (Fsp3) is 0.533. The van der Waals surface area contributed by atoms with Crippen molar-refractivity contribution in [3.63, 3.8) is 0 Å². The number of hydrogen-bond acceptors (Lipinski definition) is 2. The lowest BCUT2D eigenvalue weighted by atomic mass is 9.89. The average molecular weight is 248 g/mol. The van der Waals surface area contributed by atoms with Crippen LogP contribution in [0.25, 0.3) is 0 Å². The number of aromatic carboxylic acids is 1. The van der Waals surface area contributed by atoms with E-state index >= 15 is 0 Å². The molecule has 1 aliphatic rings. The van der Waals surface area contributed by atoms with Crippen molar-refractivity contribution >= 4 is 5.97 Å². The Bertz CT molecular complexity index is 431. The second-order valence-electron chi connectivity index (χ2n) is 5.29. The van der Waals surface area contributed by atoms with E-state index in [0.717, 1.165) is 30.1 Å². The van der Waals surface area contributed by atoms with Crippen LogP contribution >= 0.6 is 0 Å². The van der Waals surface area contributed by atoms with Crippen molar-refractivity contribution in [2.24, 2.45) is 5.92 Å². The van der Waals surface area contributed by atoms with Crippen LogP contribution in [0.15, 0.2) is 18.2 Å². The summed E-state index contributed by atoms with van der Waals surface area (Å²) >= 11 is 0. The minimum Gasteiger partial charge on any atom is -0.490 e. The first-order valence-corrected chi connectivity index (χ1v) is 6.57. The molecule has 0 spiro atoms. The number of aryl methyl sites for hydroxylation is 1. The third-order valence-corrected chi connectivity index (χ3v) is 3.68. The maximum atomic E-state index is 10.8. The maximum absolute atomic E-state index is 10.8. The summed E-state index contributed by atoms with van der Waals surface area (Å²) in [6, 6.07) is 5.05. The summed E-state index contributed by atoms with van der Waals surface area (Å²) in [5.74, 6) is 0.732. The summed E-state index contributed by atoms with van der Waals surface area (Å²) in [6.07, 6.45) is 4.92. The molecule has 1 aliphatic carbocycles. The first-order valence-electron chi connectivity index (χ1n) is 6.57. The summed E-state index contributed by atoms with van der Waals surface area (Å²) in [4.78, 5) is 10.8. The van der Waals surface area contributed by atoms with Gasteiger partial charge in [-0.25, -0.2) is 4.79 Å². The number of ether oxygens (including phenoxy) is 1. The summed E-state index contributed by atoms with van der Waals surface area (Å²) in [5.41, 5.74) is 1.21. The van der Waals surface area contributed by atoms with Gasteiger partial charge >= 0.3 is 5.97 Å². The number of hydrogen-bond donors (Lipinski definition) is 1. The maximum Gasteiger partial charge on any atom is 0.335 e. The van der Waals surface area contributed by atoms with E-state index in [4.69, 9.17) is 9.84 Å². The van der Waals surface area contributed by atoms with Crippen molar-refractivity contribution in [3.8, 4) is 5.75 Å². The van der Waals surface area contributed by atoms with Gasteiger partial charge in [0.1, 0.15) is 5.75 Å². The van der Waals surface area contributed by atoms with E-state index in [9.17, 15) is 4.79 Å². The monoisotopic (exact) mass is 248 g/mol. The Morgan fingerprint density at radius 1 is 1.28 bits per heavy atom. The predicted molar refractivity (Wildman–Crippen MR) is 70.2 cm³/mol. The predicted octanol–water partition coefficient (Wildman–Crippen LogP) is 3.65. The zero-order valence-corrected chi connectivity index (χ0v) is 11.0. The normalized spacial score (nSPS) is 23.7. The minimum atomic E-state index is -0.892. The summed E-state index contributed by atoms with van der Waals surface area (Å²) in [6.45, 7) is 4.18. The zero-order valence-electron chi connectivity index (χ0n) is 11.0. The molecule has 0 unspecified atom stereocenters. The van der Waals surface area contributed by atoms with Crippen molar-refractivity contribution in [2.45, 2.75) is 45.6 Å². The van der Waals surface area contributed by atoms with Crippen LogP contribution in [0.3, 0.4) is 0 Å². The molecule has 3 heteroatoms. The molecule has 0 amide bonds. The molecule has 0 radical (unpaired) electrons. The summed E-state index contributed by atoms with van der Waals surface area (Å²) in [7, 11) is 0. The van der Waals surface area contributed by atoms with Gasteiger partial charge in [0.2, 0.25) is 0 Å². The van der Waals surface area contributed by atoms with Gasteiger partial charge in [-0.05, 0) is 62.3 Å². The smallest absolute Gasteiger partial charge is 0.335 e. The number of carboxylic acids is 1. The lowest BCUT2D eigenvalue weighted by Crippen LogP contribution is -2.23. The van der Waals surface area contributed by atoms with Crippen LogP contribution in [0.1, 0.15) is 48.5 Å². The number of rotatable bonds is 3. The van der Waals surface area contributed by atoms with E-state index in [0.29, 0.717) is 5.56 Å². The highest BCUT2D eigenvalue weighted by atomic mass is 16.5. The molecule has 0 aliphatic heterocycles. The zero-order chi connectivity index (χ0) is 13.1. The van der Waals surface area contributed by atoms with Gasteiger partial charge in [0, 0.05) is 0 Å². The van der Waals surface area contributed by atoms with Gasteiger partial charge in [0.15, 0.2) is 0 Å². The molecule has 0 saturated heterocycles. The molecule has 0 bridgehead atoms. The molecule has 18 heavy (non-hydrogen) atoms. The number of carboxylic acid groups (broad SMARTS) is 1. The van der Waals surface area contributed by atoms with E-state index in [1.54, 1.807) is 18.2 Å². The largest absolute Gasteiger partial charge is 0.490 e. The first-order chi connectivity index (χ1) is 8.56. The highest BCUT2D eigenvalue weighted by Gasteiger charge is 2.20. The average Bonchev–Trinajstić information content (AvgIpc) is 2.34. The van der Waals surface area contributed by atoms with Crippen LogP contribution < -0.4 is 4.74 Å². The van der Waals surface area contributed by atoms with Gasteiger partial charge in [0.25, 0.3) is 0 Å². The Balaban J connectivity index is 2.03. The van der Waals surface area contributed by atoms with Crippen LogP contribution in [0.2, 0.25) is 0 Å². The van der Waals surface area contributed by atoms with E-state index in [1.807, 2.05) is 6.92 Å². The van der Waals surface area contributed by atoms with Crippen molar-refractivity contribution in [2.75, 3.05) is 0 Å². The van der Waals surface area contributed by atoms with Gasteiger partial charge in [-0.15, -0.1) is 0 Å². The van der Waals surface area contributed by atoms with E-state index in [-0.39, 0.29) is 6.10 Å². The van der Waals surface area contributed by atoms with Crippen molar-refractivity contribution in [1.82, 2.24) is 0 Å². The fourth-order valence-electron chi connectivity index (χ4n) is 2.44. The van der Waals surface area contributed by atoms with Crippen LogP contribution in [-0.2, 0) is 0 Å². The number of benzene rings is 1.